The van der Waals surface area contributed by atoms with Crippen LogP contribution < -0.4 is 10.5 Å². The second-order valence-corrected chi connectivity index (χ2v) is 7.64. The average Bonchev–Trinajstić information content (AvgIpc) is 3.00. The number of nitrogens with two attached hydrogens (primary N) is 1. The van der Waals surface area contributed by atoms with Crippen LogP contribution in [-0.2, 0) is 16.1 Å². The number of carbonyl (C=O) groups is 2. The van der Waals surface area contributed by atoms with Gasteiger partial charge in [0.15, 0.2) is 0 Å². The lowest BCUT2D eigenvalue weighted by molar-refractivity contribution is -0.131. The largest absolute Gasteiger partial charge is 0.489 e. The van der Waals surface area contributed by atoms with Gasteiger partial charge in [0.1, 0.15) is 12.4 Å². The van der Waals surface area contributed by atoms with Crippen molar-refractivity contribution in [3.63, 3.8) is 0 Å². The molecule has 1 amide bonds. The third kappa shape index (κ3) is 4.05. The number of amides is 1. The first kappa shape index (κ1) is 19.5. The molecule has 0 saturated carbocycles. The molecule has 0 radical (unpaired) electrons. The normalized spacial score (nSPS) is 18.7. The number of methoxy groups -OCH3 is 1. The molecule has 1 unspecified atom stereocenters. The van der Waals surface area contributed by atoms with Gasteiger partial charge in [0.2, 0.25) is 5.91 Å². The van der Waals surface area contributed by atoms with E-state index in [1.54, 1.807) is 24.3 Å². The topological polar surface area (TPSA) is 98.8 Å². The highest BCUT2D eigenvalue weighted by Crippen LogP contribution is 2.47. The van der Waals surface area contributed by atoms with Crippen LogP contribution in [0.15, 0.2) is 51.4 Å². The predicted octanol–water partition coefficient (Wildman–Crippen LogP) is 3.22. The first-order chi connectivity index (χ1) is 12.9. The van der Waals surface area contributed by atoms with Gasteiger partial charge in [-0.1, -0.05) is 17.7 Å². The van der Waals surface area contributed by atoms with Crippen molar-refractivity contribution in [2.45, 2.75) is 18.3 Å². The van der Waals surface area contributed by atoms with Gasteiger partial charge in [0, 0.05) is 28.5 Å². The van der Waals surface area contributed by atoms with Gasteiger partial charge in [0.05, 0.1) is 11.5 Å². The molecule has 0 fully saturated rings. The highest BCUT2D eigenvalue weighted by molar-refractivity contribution is 8.05. The second-order valence-electron chi connectivity index (χ2n) is 6.02. The minimum atomic E-state index is -0.992. The number of carbonyl (C=O) groups excluding carboxylic acids is 1. The van der Waals surface area contributed by atoms with E-state index in [-0.39, 0.29) is 23.4 Å². The van der Waals surface area contributed by atoms with Crippen LogP contribution in [0.2, 0.25) is 0 Å². The summed E-state index contributed by atoms with van der Waals surface area (Å²) in [5, 5.41) is 10.1. The maximum atomic E-state index is 11.6. The zero-order valence-electron chi connectivity index (χ0n) is 14.5. The highest BCUT2D eigenvalue weighted by Gasteiger charge is 2.36. The smallest absolute Gasteiger partial charge is 0.342 e. The van der Waals surface area contributed by atoms with Crippen LogP contribution in [0.5, 0.6) is 5.75 Å². The number of allylic oxidation sites excluding steroid dienone is 3. The van der Waals surface area contributed by atoms with E-state index < -0.39 is 11.9 Å². The van der Waals surface area contributed by atoms with E-state index in [0.29, 0.717) is 27.5 Å². The molecule has 142 valence electrons. The number of rotatable bonds is 7. The fraction of sp³-hybridized carbons (Fsp3) is 0.263. The molecule has 8 heteroatoms. The van der Waals surface area contributed by atoms with Crippen LogP contribution in [0, 0.1) is 0 Å². The van der Waals surface area contributed by atoms with Crippen LogP contribution in [0.25, 0.3) is 0 Å². The molecule has 27 heavy (non-hydrogen) atoms. The molecule has 1 heterocycles. The number of hydrogen-bond donors (Lipinski definition) is 2. The summed E-state index contributed by atoms with van der Waals surface area (Å²) >= 11 is 7.61. The highest BCUT2D eigenvalue weighted by atomic mass is 35.5. The van der Waals surface area contributed by atoms with Crippen LogP contribution in [0.1, 0.15) is 22.3 Å². The van der Waals surface area contributed by atoms with E-state index in [2.05, 4.69) is 0 Å². The maximum absolute atomic E-state index is 11.6. The summed E-state index contributed by atoms with van der Waals surface area (Å²) in [5.74, 6) is -1.06. The Morgan fingerprint density at radius 2 is 2.15 bits per heavy atom. The number of carboxylic acids is 1. The van der Waals surface area contributed by atoms with Crippen molar-refractivity contribution in [1.82, 2.24) is 0 Å². The van der Waals surface area contributed by atoms with Gasteiger partial charge >= 0.3 is 5.97 Å². The fourth-order valence-corrected chi connectivity index (χ4v) is 4.78. The minimum Gasteiger partial charge on any atom is -0.489 e. The zero-order chi connectivity index (χ0) is 19.6. The summed E-state index contributed by atoms with van der Waals surface area (Å²) in [6.45, 7) is 0.269. The number of carboxylic acid groups (broad SMARTS) is 1. The molecular weight excluding hydrogens is 390 g/mol. The number of thioether (sulfide) groups is 1. The number of ether oxygens (including phenoxy) is 2. The summed E-state index contributed by atoms with van der Waals surface area (Å²) in [6.07, 6.45) is 4.45. The van der Waals surface area contributed by atoms with Gasteiger partial charge in [-0.25, -0.2) is 4.79 Å². The Morgan fingerprint density at radius 3 is 2.81 bits per heavy atom. The Balaban J connectivity index is 1.87. The van der Waals surface area contributed by atoms with E-state index in [0.717, 1.165) is 12.0 Å². The van der Waals surface area contributed by atoms with Gasteiger partial charge in [-0.15, -0.1) is 11.8 Å². The molecular formula is C19H18ClNO5S. The number of halogens is 1. The number of fused-ring (bicyclic) bond motifs is 1. The van der Waals surface area contributed by atoms with Crippen molar-refractivity contribution in [3.05, 3.63) is 62.6 Å². The summed E-state index contributed by atoms with van der Waals surface area (Å²) < 4.78 is 10.9. The monoisotopic (exact) mass is 407 g/mol. The van der Waals surface area contributed by atoms with E-state index in [1.807, 2.05) is 6.08 Å². The molecule has 1 aromatic rings. The number of aliphatic carboxylic acids is 1. The van der Waals surface area contributed by atoms with Crippen molar-refractivity contribution in [2.24, 2.45) is 5.73 Å². The molecule has 2 aliphatic rings. The molecule has 1 aromatic carbocycles. The lowest BCUT2D eigenvalue weighted by atomic mass is 9.97. The standard InChI is InChI=1S/C19H18ClNO5S/c1-25-8-10-7-11(5-6-12(10)18(21)22)26-9-13-16-14(20)3-2-4-15(16)27-17(13)19(23)24/h2-3,5-7,15H,4,8-9H2,1H3,(H2,21,22)(H,23,24). The second kappa shape index (κ2) is 8.21. The first-order valence-electron chi connectivity index (χ1n) is 8.16. The third-order valence-electron chi connectivity index (χ3n) is 4.27. The molecule has 0 saturated heterocycles. The molecule has 1 atom stereocenters. The maximum Gasteiger partial charge on any atom is 0.342 e. The van der Waals surface area contributed by atoms with Crippen molar-refractivity contribution in [3.8, 4) is 5.75 Å². The van der Waals surface area contributed by atoms with E-state index in [4.69, 9.17) is 26.8 Å². The summed E-state index contributed by atoms with van der Waals surface area (Å²) in [5.41, 5.74) is 7.72. The summed E-state index contributed by atoms with van der Waals surface area (Å²) in [7, 11) is 1.52. The fourth-order valence-electron chi connectivity index (χ4n) is 3.09. The quantitative estimate of drug-likeness (QED) is 0.720. The molecule has 6 nitrogen and oxygen atoms in total. The third-order valence-corrected chi connectivity index (χ3v) is 5.97. The molecule has 0 aromatic heterocycles. The molecule has 3 N–H and O–H groups in total. The molecule has 0 bridgehead atoms. The molecule has 1 aliphatic carbocycles. The number of primary amides is 1. The van der Waals surface area contributed by atoms with E-state index in [1.165, 1.54) is 18.9 Å². The minimum absolute atomic E-state index is 0.00603. The molecule has 1 aliphatic heterocycles. The molecule has 0 spiro atoms. The SMILES string of the molecule is COCc1cc(OCC2=C(C(=O)O)SC3CC=CC(Cl)=C23)ccc1C(N)=O. The van der Waals surface area contributed by atoms with Crippen LogP contribution in [0.4, 0.5) is 0 Å². The summed E-state index contributed by atoms with van der Waals surface area (Å²) in [4.78, 5) is 23.4. The van der Waals surface area contributed by atoms with E-state index in [9.17, 15) is 14.7 Å². The molecule has 3 rings (SSSR count). The average molecular weight is 408 g/mol. The van der Waals surface area contributed by atoms with Crippen molar-refractivity contribution < 1.29 is 24.2 Å². The van der Waals surface area contributed by atoms with Gasteiger partial charge in [-0.05, 0) is 41.8 Å². The Hall–Kier alpha value is -2.22. The van der Waals surface area contributed by atoms with Crippen molar-refractivity contribution in [1.29, 1.82) is 0 Å². The van der Waals surface area contributed by atoms with Crippen LogP contribution in [-0.4, -0.2) is 35.9 Å². The van der Waals surface area contributed by atoms with Gasteiger partial charge in [-0.2, -0.15) is 0 Å². The predicted molar refractivity (Wildman–Crippen MR) is 104 cm³/mol. The van der Waals surface area contributed by atoms with Gasteiger partial charge < -0.3 is 20.3 Å². The Bertz CT molecular complexity index is 890. The number of benzene rings is 1. The lowest BCUT2D eigenvalue weighted by Gasteiger charge is -2.17. The number of hydrogen-bond acceptors (Lipinski definition) is 5. The van der Waals surface area contributed by atoms with Crippen LogP contribution >= 0.6 is 23.4 Å². The lowest BCUT2D eigenvalue weighted by Crippen LogP contribution is -2.15. The summed E-state index contributed by atoms with van der Waals surface area (Å²) in [6, 6.07) is 4.86. The Kier molecular flexibility index (Phi) is 5.94. The van der Waals surface area contributed by atoms with E-state index >= 15 is 0 Å². The zero-order valence-corrected chi connectivity index (χ0v) is 16.1. The Labute approximate surface area is 165 Å². The van der Waals surface area contributed by atoms with Crippen LogP contribution in [0.3, 0.4) is 0 Å². The van der Waals surface area contributed by atoms with Gasteiger partial charge in [-0.3, -0.25) is 4.79 Å². The Morgan fingerprint density at radius 1 is 1.37 bits per heavy atom. The van der Waals surface area contributed by atoms with Gasteiger partial charge in [0.25, 0.3) is 0 Å². The van der Waals surface area contributed by atoms with Crippen molar-refractivity contribution >= 4 is 35.2 Å². The van der Waals surface area contributed by atoms with Crippen molar-refractivity contribution in [2.75, 3.05) is 13.7 Å². The first-order valence-corrected chi connectivity index (χ1v) is 9.42.